The van der Waals surface area contributed by atoms with Crippen LogP contribution in [0.1, 0.15) is 6.42 Å². The van der Waals surface area contributed by atoms with E-state index in [-0.39, 0.29) is 6.10 Å². The maximum absolute atomic E-state index is 9.74. The van der Waals surface area contributed by atoms with Gasteiger partial charge in [-0.05, 0) is 6.42 Å². The fourth-order valence-corrected chi connectivity index (χ4v) is 1.83. The van der Waals surface area contributed by atoms with Crippen molar-refractivity contribution in [3.05, 3.63) is 12.3 Å². The van der Waals surface area contributed by atoms with Gasteiger partial charge in [-0.15, -0.1) is 0 Å². The first kappa shape index (κ1) is 9.48. The third kappa shape index (κ3) is 1.73. The molecule has 78 valence electrons. The maximum atomic E-state index is 9.74. The molecule has 1 aromatic rings. The van der Waals surface area contributed by atoms with Crippen LogP contribution in [0, 0.1) is 0 Å². The summed E-state index contributed by atoms with van der Waals surface area (Å²) >= 11 is 0. The molecule has 2 atom stereocenters. The lowest BCUT2D eigenvalue weighted by molar-refractivity contribution is -0.0218. The molecule has 2 rings (SSSR count). The number of methoxy groups -OCH3 is 1. The number of aromatic nitrogens is 2. The van der Waals surface area contributed by atoms with Gasteiger partial charge in [-0.25, -0.2) is 0 Å². The molecule has 0 aliphatic carbocycles. The van der Waals surface area contributed by atoms with Gasteiger partial charge in [0, 0.05) is 26.3 Å². The number of β-amino-alcohol motifs (C(OH)–C–C–N with tert-alkyl or cyclic N) is 1. The van der Waals surface area contributed by atoms with Crippen molar-refractivity contribution >= 4 is 5.82 Å². The number of aliphatic hydroxyl groups is 1. The molecule has 1 unspecified atom stereocenters. The summed E-state index contributed by atoms with van der Waals surface area (Å²) in [5.41, 5.74) is 0. The highest BCUT2D eigenvalue weighted by atomic mass is 16.5. The summed E-state index contributed by atoms with van der Waals surface area (Å²) < 4.78 is 5.17. The van der Waals surface area contributed by atoms with E-state index in [0.717, 1.165) is 18.8 Å². The van der Waals surface area contributed by atoms with Gasteiger partial charge in [-0.3, -0.25) is 5.10 Å². The van der Waals surface area contributed by atoms with Crippen molar-refractivity contribution in [3.63, 3.8) is 0 Å². The van der Waals surface area contributed by atoms with E-state index in [0.29, 0.717) is 6.54 Å². The summed E-state index contributed by atoms with van der Waals surface area (Å²) in [7, 11) is 1.64. The second kappa shape index (κ2) is 3.98. The number of aliphatic hydroxyl groups excluding tert-OH is 1. The van der Waals surface area contributed by atoms with Crippen molar-refractivity contribution in [1.82, 2.24) is 10.2 Å². The third-order valence-corrected chi connectivity index (χ3v) is 2.65. The molecule has 0 radical (unpaired) electrons. The van der Waals surface area contributed by atoms with Crippen molar-refractivity contribution in [2.75, 3.05) is 25.1 Å². The molecule has 0 spiro atoms. The quantitative estimate of drug-likeness (QED) is 0.700. The number of ether oxygens (including phenoxy) is 1. The summed E-state index contributed by atoms with van der Waals surface area (Å²) in [4.78, 5) is 2.08. The molecule has 1 saturated heterocycles. The molecule has 2 heterocycles. The van der Waals surface area contributed by atoms with Crippen LogP contribution < -0.4 is 4.90 Å². The van der Waals surface area contributed by atoms with Gasteiger partial charge in [0.25, 0.3) is 0 Å². The van der Waals surface area contributed by atoms with E-state index in [9.17, 15) is 5.11 Å². The van der Waals surface area contributed by atoms with Crippen LogP contribution in [0.5, 0.6) is 0 Å². The number of rotatable bonds is 2. The van der Waals surface area contributed by atoms with Crippen molar-refractivity contribution in [1.29, 1.82) is 0 Å². The Hall–Kier alpha value is -1.07. The van der Waals surface area contributed by atoms with Gasteiger partial charge in [-0.2, -0.15) is 5.10 Å². The first-order valence-corrected chi connectivity index (χ1v) is 4.76. The monoisotopic (exact) mass is 197 g/mol. The average Bonchev–Trinajstić information content (AvgIpc) is 2.70. The van der Waals surface area contributed by atoms with Crippen molar-refractivity contribution in [3.8, 4) is 0 Å². The van der Waals surface area contributed by atoms with E-state index in [1.165, 1.54) is 0 Å². The van der Waals surface area contributed by atoms with Crippen LogP contribution in [-0.2, 0) is 4.74 Å². The van der Waals surface area contributed by atoms with E-state index < -0.39 is 6.10 Å². The molecule has 14 heavy (non-hydrogen) atoms. The number of anilines is 1. The predicted molar refractivity (Wildman–Crippen MR) is 52.2 cm³/mol. The molecule has 2 N–H and O–H groups in total. The molecule has 0 saturated carbocycles. The lowest BCUT2D eigenvalue weighted by atomic mass is 10.1. The minimum Gasteiger partial charge on any atom is -0.389 e. The second-order valence-corrected chi connectivity index (χ2v) is 3.52. The fraction of sp³-hybridized carbons (Fsp3) is 0.667. The van der Waals surface area contributed by atoms with E-state index >= 15 is 0 Å². The Morgan fingerprint density at radius 3 is 3.14 bits per heavy atom. The number of piperidine rings is 1. The van der Waals surface area contributed by atoms with E-state index in [2.05, 4.69) is 15.1 Å². The Kier molecular flexibility index (Phi) is 2.69. The molecule has 1 aliphatic heterocycles. The number of hydrogen-bond donors (Lipinski definition) is 2. The first-order chi connectivity index (χ1) is 6.81. The molecule has 1 fully saturated rings. The minimum absolute atomic E-state index is 0.0332. The standard InChI is InChI=1S/C9H15N3O2/c1-14-8-3-5-12(6-7(8)13)9-2-4-10-11-9/h2,4,7-8,13H,3,5-6H2,1H3,(H,10,11)/t7-,8?/m1/s1. The van der Waals surface area contributed by atoms with Crippen LogP contribution in [0.3, 0.4) is 0 Å². The van der Waals surface area contributed by atoms with Gasteiger partial charge in [0.2, 0.25) is 0 Å². The van der Waals surface area contributed by atoms with Crippen LogP contribution in [0.25, 0.3) is 0 Å². The SMILES string of the molecule is COC1CCN(c2ccn[nH]2)C[C@H]1O. The first-order valence-electron chi connectivity index (χ1n) is 4.76. The van der Waals surface area contributed by atoms with Crippen LogP contribution >= 0.6 is 0 Å². The van der Waals surface area contributed by atoms with Crippen LogP contribution in [0.2, 0.25) is 0 Å². The smallest absolute Gasteiger partial charge is 0.124 e. The van der Waals surface area contributed by atoms with Crippen molar-refractivity contribution in [2.45, 2.75) is 18.6 Å². The third-order valence-electron chi connectivity index (χ3n) is 2.65. The zero-order chi connectivity index (χ0) is 9.97. The van der Waals surface area contributed by atoms with Crippen LogP contribution in [0.4, 0.5) is 5.82 Å². The predicted octanol–water partition coefficient (Wildman–Crippen LogP) is -0.00430. The van der Waals surface area contributed by atoms with E-state index in [4.69, 9.17) is 4.74 Å². The molecule has 0 aromatic carbocycles. The summed E-state index contributed by atoms with van der Waals surface area (Å²) in [5, 5.41) is 16.5. The van der Waals surface area contributed by atoms with Gasteiger partial charge in [0.15, 0.2) is 0 Å². The normalized spacial score (nSPS) is 28.0. The van der Waals surface area contributed by atoms with Gasteiger partial charge < -0.3 is 14.7 Å². The van der Waals surface area contributed by atoms with Crippen LogP contribution in [0.15, 0.2) is 12.3 Å². The lowest BCUT2D eigenvalue weighted by Gasteiger charge is -2.35. The highest BCUT2D eigenvalue weighted by Crippen LogP contribution is 2.18. The van der Waals surface area contributed by atoms with Gasteiger partial charge in [-0.1, -0.05) is 0 Å². The number of H-pyrrole nitrogens is 1. The Balaban J connectivity index is 1.99. The average molecular weight is 197 g/mol. The molecule has 5 heteroatoms. The number of hydrogen-bond acceptors (Lipinski definition) is 4. The van der Waals surface area contributed by atoms with Gasteiger partial charge in [0.1, 0.15) is 5.82 Å². The Morgan fingerprint density at radius 1 is 1.71 bits per heavy atom. The number of aromatic amines is 1. The molecular weight excluding hydrogens is 182 g/mol. The Morgan fingerprint density at radius 2 is 2.57 bits per heavy atom. The largest absolute Gasteiger partial charge is 0.389 e. The molecule has 1 aliphatic rings. The summed E-state index contributed by atoms with van der Waals surface area (Å²) in [5.74, 6) is 0.957. The number of nitrogens with zero attached hydrogens (tertiary/aromatic N) is 2. The summed E-state index contributed by atoms with van der Waals surface area (Å²) in [6.07, 6.45) is 2.10. The van der Waals surface area contributed by atoms with E-state index in [1.54, 1.807) is 13.3 Å². The lowest BCUT2D eigenvalue weighted by Crippen LogP contribution is -2.47. The topological polar surface area (TPSA) is 61.4 Å². The maximum Gasteiger partial charge on any atom is 0.124 e. The van der Waals surface area contributed by atoms with Crippen molar-refractivity contribution < 1.29 is 9.84 Å². The zero-order valence-electron chi connectivity index (χ0n) is 8.18. The number of nitrogens with one attached hydrogen (secondary N) is 1. The molecule has 5 nitrogen and oxygen atoms in total. The Labute approximate surface area is 82.7 Å². The van der Waals surface area contributed by atoms with Crippen molar-refractivity contribution in [2.24, 2.45) is 0 Å². The Bertz CT molecular complexity index is 276. The second-order valence-electron chi connectivity index (χ2n) is 3.52. The highest BCUT2D eigenvalue weighted by Gasteiger charge is 2.27. The molecular formula is C9H15N3O2. The van der Waals surface area contributed by atoms with Gasteiger partial charge in [0.05, 0.1) is 18.4 Å². The minimum atomic E-state index is -0.419. The molecule has 0 bridgehead atoms. The van der Waals surface area contributed by atoms with Crippen LogP contribution in [-0.4, -0.2) is 47.7 Å². The summed E-state index contributed by atoms with van der Waals surface area (Å²) in [6, 6.07) is 1.90. The molecule has 1 aromatic heterocycles. The van der Waals surface area contributed by atoms with E-state index in [1.807, 2.05) is 6.07 Å². The highest BCUT2D eigenvalue weighted by molar-refractivity contribution is 5.37. The molecule has 0 amide bonds. The fourth-order valence-electron chi connectivity index (χ4n) is 1.83. The van der Waals surface area contributed by atoms with Gasteiger partial charge >= 0.3 is 0 Å². The zero-order valence-corrected chi connectivity index (χ0v) is 8.18. The summed E-state index contributed by atoms with van der Waals surface area (Å²) in [6.45, 7) is 1.48.